The summed E-state index contributed by atoms with van der Waals surface area (Å²) in [6.07, 6.45) is 3.12. The maximum atomic E-state index is 11.9. The number of nitrogens with one attached hydrogen (secondary N) is 1. The Bertz CT molecular complexity index is 598. The molecule has 2 heterocycles. The first-order chi connectivity index (χ1) is 10.3. The molecule has 120 valence electrons. The van der Waals surface area contributed by atoms with E-state index in [4.69, 9.17) is 10.3 Å². The van der Waals surface area contributed by atoms with Gasteiger partial charge in [-0.25, -0.2) is 0 Å². The van der Waals surface area contributed by atoms with Gasteiger partial charge in [0.05, 0.1) is 4.88 Å². The molecule has 0 spiro atoms. The minimum absolute atomic E-state index is 0. The van der Waals surface area contributed by atoms with E-state index in [1.165, 1.54) is 0 Å². The summed E-state index contributed by atoms with van der Waals surface area (Å²) in [4.78, 5) is 17.2. The predicted octanol–water partition coefficient (Wildman–Crippen LogP) is 2.01. The van der Waals surface area contributed by atoms with Crippen LogP contribution in [-0.2, 0) is 11.2 Å². The molecule has 2 aromatic heterocycles. The van der Waals surface area contributed by atoms with E-state index >= 15 is 0 Å². The molecule has 1 saturated carbocycles. The van der Waals surface area contributed by atoms with Gasteiger partial charge in [-0.2, -0.15) is 4.98 Å². The molecule has 8 heteroatoms. The van der Waals surface area contributed by atoms with Gasteiger partial charge in [-0.1, -0.05) is 11.2 Å². The van der Waals surface area contributed by atoms with Crippen LogP contribution in [0.2, 0.25) is 0 Å². The Morgan fingerprint density at radius 2 is 2.36 bits per heavy atom. The van der Waals surface area contributed by atoms with Crippen molar-refractivity contribution in [1.29, 1.82) is 0 Å². The lowest BCUT2D eigenvalue weighted by atomic mass is 10.1. The molecule has 2 aromatic rings. The van der Waals surface area contributed by atoms with E-state index in [-0.39, 0.29) is 24.4 Å². The molecule has 1 fully saturated rings. The van der Waals surface area contributed by atoms with E-state index < -0.39 is 0 Å². The Kier molecular flexibility index (Phi) is 5.93. The number of amides is 1. The van der Waals surface area contributed by atoms with Gasteiger partial charge in [-0.3, -0.25) is 4.79 Å². The molecule has 1 unspecified atom stereocenters. The van der Waals surface area contributed by atoms with Crippen LogP contribution in [0.3, 0.4) is 0 Å². The van der Waals surface area contributed by atoms with Gasteiger partial charge in [0.15, 0.2) is 0 Å². The highest BCUT2D eigenvalue weighted by Gasteiger charge is 2.31. The zero-order valence-electron chi connectivity index (χ0n) is 12.0. The fourth-order valence-corrected chi connectivity index (χ4v) is 2.88. The Balaban J connectivity index is 0.00000176. The molecule has 22 heavy (non-hydrogen) atoms. The topological polar surface area (TPSA) is 94.0 Å². The number of carbonyl (C=O) groups is 1. The molecular formula is C14H19ClN4O2S. The van der Waals surface area contributed by atoms with Crippen molar-refractivity contribution in [1.82, 2.24) is 15.5 Å². The van der Waals surface area contributed by atoms with E-state index in [9.17, 15) is 4.79 Å². The van der Waals surface area contributed by atoms with Gasteiger partial charge in [0, 0.05) is 25.4 Å². The Labute approximate surface area is 138 Å². The zero-order chi connectivity index (χ0) is 14.7. The highest BCUT2D eigenvalue weighted by atomic mass is 35.5. The summed E-state index contributed by atoms with van der Waals surface area (Å²) in [5.41, 5.74) is 5.67. The van der Waals surface area contributed by atoms with E-state index in [0.29, 0.717) is 37.0 Å². The number of thiophene rings is 1. The molecule has 0 bridgehead atoms. The van der Waals surface area contributed by atoms with Gasteiger partial charge < -0.3 is 15.6 Å². The van der Waals surface area contributed by atoms with Gasteiger partial charge >= 0.3 is 0 Å². The SMILES string of the molecule is Cl.NCC(NC(=O)CCc1nc(-c2cccs2)no1)C1CC1. The Hall–Kier alpha value is -1.44. The van der Waals surface area contributed by atoms with Gasteiger partial charge in [-0.05, 0) is 30.2 Å². The molecule has 6 nitrogen and oxygen atoms in total. The van der Waals surface area contributed by atoms with Crippen LogP contribution in [0.15, 0.2) is 22.0 Å². The van der Waals surface area contributed by atoms with Crippen LogP contribution in [0.5, 0.6) is 0 Å². The standard InChI is InChI=1S/C14H18N4O2S.ClH/c15-8-10(9-3-4-9)16-12(19)5-6-13-17-14(18-20-13)11-2-1-7-21-11;/h1-2,7,9-10H,3-6,8,15H2,(H,16,19);1H. The Morgan fingerprint density at radius 3 is 3.00 bits per heavy atom. The fourth-order valence-electron chi connectivity index (χ4n) is 2.23. The maximum absolute atomic E-state index is 11.9. The largest absolute Gasteiger partial charge is 0.352 e. The van der Waals surface area contributed by atoms with E-state index in [0.717, 1.165) is 17.7 Å². The van der Waals surface area contributed by atoms with Crippen molar-refractivity contribution >= 4 is 29.7 Å². The highest BCUT2D eigenvalue weighted by Crippen LogP contribution is 2.32. The summed E-state index contributed by atoms with van der Waals surface area (Å²) >= 11 is 1.56. The van der Waals surface area contributed by atoms with Crippen LogP contribution in [0.25, 0.3) is 10.7 Å². The number of carbonyl (C=O) groups excluding carboxylic acids is 1. The van der Waals surface area contributed by atoms with Crippen molar-refractivity contribution < 1.29 is 9.32 Å². The molecule has 1 amide bonds. The molecule has 0 aromatic carbocycles. The quantitative estimate of drug-likeness (QED) is 0.802. The second-order valence-electron chi connectivity index (χ2n) is 5.24. The van der Waals surface area contributed by atoms with E-state index in [2.05, 4.69) is 15.5 Å². The van der Waals surface area contributed by atoms with Crippen molar-refractivity contribution in [2.45, 2.75) is 31.7 Å². The lowest BCUT2D eigenvalue weighted by molar-refractivity contribution is -0.121. The van der Waals surface area contributed by atoms with Crippen LogP contribution in [0.4, 0.5) is 0 Å². The van der Waals surface area contributed by atoms with Crippen molar-refractivity contribution in [3.05, 3.63) is 23.4 Å². The number of hydrogen-bond donors (Lipinski definition) is 2. The molecule has 1 aliphatic carbocycles. The van der Waals surface area contributed by atoms with Crippen LogP contribution in [0, 0.1) is 5.92 Å². The Morgan fingerprint density at radius 1 is 1.55 bits per heavy atom. The summed E-state index contributed by atoms with van der Waals surface area (Å²) in [6, 6.07) is 3.99. The van der Waals surface area contributed by atoms with Crippen molar-refractivity contribution in [3.8, 4) is 10.7 Å². The number of aryl methyl sites for hydroxylation is 1. The molecule has 0 saturated heterocycles. The molecule has 1 atom stereocenters. The van der Waals surface area contributed by atoms with Crippen LogP contribution < -0.4 is 11.1 Å². The average Bonchev–Trinajstić information content (AvgIpc) is 3.01. The normalized spacial score (nSPS) is 15.1. The smallest absolute Gasteiger partial charge is 0.227 e. The fraction of sp³-hybridized carbons (Fsp3) is 0.500. The third-order valence-electron chi connectivity index (χ3n) is 3.57. The third-order valence-corrected chi connectivity index (χ3v) is 4.43. The first kappa shape index (κ1) is 16.9. The summed E-state index contributed by atoms with van der Waals surface area (Å²) in [5, 5.41) is 8.87. The second kappa shape index (κ2) is 7.71. The molecule has 3 N–H and O–H groups in total. The van der Waals surface area contributed by atoms with Gasteiger partial charge in [-0.15, -0.1) is 23.7 Å². The lowest BCUT2D eigenvalue weighted by Gasteiger charge is -2.15. The number of halogens is 1. The summed E-state index contributed by atoms with van der Waals surface area (Å²) < 4.78 is 5.17. The van der Waals surface area contributed by atoms with E-state index in [1.807, 2.05) is 17.5 Å². The number of aromatic nitrogens is 2. The molecule has 0 radical (unpaired) electrons. The molecule has 0 aliphatic heterocycles. The van der Waals surface area contributed by atoms with Gasteiger partial charge in [0.25, 0.3) is 0 Å². The van der Waals surface area contributed by atoms with Crippen LogP contribution in [-0.4, -0.2) is 28.6 Å². The van der Waals surface area contributed by atoms with E-state index in [1.54, 1.807) is 11.3 Å². The van der Waals surface area contributed by atoms with Crippen LogP contribution in [0.1, 0.15) is 25.2 Å². The molecular weight excluding hydrogens is 324 g/mol. The maximum Gasteiger partial charge on any atom is 0.227 e. The second-order valence-corrected chi connectivity index (χ2v) is 6.18. The first-order valence-corrected chi connectivity index (χ1v) is 8.00. The lowest BCUT2D eigenvalue weighted by Crippen LogP contribution is -2.41. The monoisotopic (exact) mass is 342 g/mol. The third kappa shape index (κ3) is 4.28. The highest BCUT2D eigenvalue weighted by molar-refractivity contribution is 7.13. The number of hydrogen-bond acceptors (Lipinski definition) is 6. The summed E-state index contributed by atoms with van der Waals surface area (Å²) in [6.45, 7) is 0.499. The van der Waals surface area contributed by atoms with Crippen LogP contribution >= 0.6 is 23.7 Å². The van der Waals surface area contributed by atoms with Crippen molar-refractivity contribution in [3.63, 3.8) is 0 Å². The summed E-state index contributed by atoms with van der Waals surface area (Å²) in [7, 11) is 0. The predicted molar refractivity (Wildman–Crippen MR) is 86.9 cm³/mol. The van der Waals surface area contributed by atoms with Crippen molar-refractivity contribution in [2.24, 2.45) is 11.7 Å². The zero-order valence-corrected chi connectivity index (χ0v) is 13.7. The number of nitrogens with two attached hydrogens (primary N) is 1. The van der Waals surface area contributed by atoms with Gasteiger partial charge in [0.1, 0.15) is 0 Å². The van der Waals surface area contributed by atoms with Gasteiger partial charge in [0.2, 0.25) is 17.6 Å². The van der Waals surface area contributed by atoms with Crippen molar-refractivity contribution in [2.75, 3.05) is 6.54 Å². The summed E-state index contributed by atoms with van der Waals surface area (Å²) in [5.74, 6) is 1.63. The minimum atomic E-state index is -0.00627. The average molecular weight is 343 g/mol. The molecule has 3 rings (SSSR count). The first-order valence-electron chi connectivity index (χ1n) is 7.12. The number of rotatable bonds is 7. The molecule has 1 aliphatic rings. The number of nitrogens with zero attached hydrogens (tertiary/aromatic N) is 2. The minimum Gasteiger partial charge on any atom is -0.352 e.